The predicted molar refractivity (Wildman–Crippen MR) is 168 cm³/mol. The van der Waals surface area contributed by atoms with Gasteiger partial charge in [0, 0.05) is 54.8 Å². The number of piperidine rings is 1. The Labute approximate surface area is 258 Å². The molecule has 9 heteroatoms. The van der Waals surface area contributed by atoms with Gasteiger partial charge < -0.3 is 15.0 Å². The van der Waals surface area contributed by atoms with E-state index in [4.69, 9.17) is 37.9 Å². The number of nitrogens with zero attached hydrogens (tertiary/aromatic N) is 4. The summed E-state index contributed by atoms with van der Waals surface area (Å²) in [6.07, 6.45) is 10.6. The molecule has 1 saturated carbocycles. The summed E-state index contributed by atoms with van der Waals surface area (Å²) in [5, 5.41) is 4.09. The lowest BCUT2D eigenvalue weighted by Gasteiger charge is -2.32. The molecule has 42 heavy (non-hydrogen) atoms. The number of aromatic nitrogens is 2. The number of anilines is 1. The minimum Gasteiger partial charge on any atom is -0.437 e. The summed E-state index contributed by atoms with van der Waals surface area (Å²) in [6, 6.07) is 13.6. The van der Waals surface area contributed by atoms with Crippen LogP contribution in [0.15, 0.2) is 48.7 Å². The Kier molecular flexibility index (Phi) is 8.89. The first-order valence-electron chi connectivity index (χ1n) is 15.2. The molecule has 0 atom stereocenters. The minimum absolute atomic E-state index is 0.0359. The number of rotatable bonds is 8. The number of pyridine rings is 2. The molecule has 3 aromatic rings. The molecular weight excluding hydrogens is 569 g/mol. The molecule has 7 nitrogen and oxygen atoms in total. The Bertz CT molecular complexity index is 1380. The second kappa shape index (κ2) is 12.8. The van der Waals surface area contributed by atoms with Crippen LogP contribution in [0.5, 0.6) is 11.6 Å². The Hall–Kier alpha value is -2.87. The van der Waals surface area contributed by atoms with Gasteiger partial charge in [-0.3, -0.25) is 9.69 Å². The van der Waals surface area contributed by atoms with Crippen LogP contribution < -0.4 is 15.0 Å². The lowest BCUT2D eigenvalue weighted by Crippen LogP contribution is -2.37. The Morgan fingerprint density at radius 2 is 1.79 bits per heavy atom. The Balaban J connectivity index is 1.18. The van der Waals surface area contributed by atoms with Gasteiger partial charge in [-0.15, -0.1) is 0 Å². The molecule has 3 aliphatic rings. The molecule has 0 bridgehead atoms. The third-order valence-corrected chi connectivity index (χ3v) is 9.58. The Morgan fingerprint density at radius 3 is 2.48 bits per heavy atom. The van der Waals surface area contributed by atoms with Crippen LogP contribution in [0.4, 0.5) is 5.82 Å². The number of carbonyl (C=O) groups is 1. The second-order valence-corrected chi connectivity index (χ2v) is 13.2. The zero-order valence-electron chi connectivity index (χ0n) is 24.2. The summed E-state index contributed by atoms with van der Waals surface area (Å²) in [5.41, 5.74) is 3.21. The summed E-state index contributed by atoms with van der Waals surface area (Å²) < 4.78 is 6.30. The van der Waals surface area contributed by atoms with Crippen LogP contribution in [0.1, 0.15) is 57.4 Å². The molecule has 0 unspecified atom stereocenters. The highest BCUT2D eigenvalue weighted by Gasteiger charge is 2.40. The maximum absolute atomic E-state index is 11.3. The van der Waals surface area contributed by atoms with Gasteiger partial charge in [-0.05, 0) is 98.5 Å². The van der Waals surface area contributed by atoms with E-state index in [0.29, 0.717) is 33.0 Å². The molecule has 1 amide bonds. The minimum atomic E-state index is 0.0359. The maximum atomic E-state index is 11.3. The SMILES string of the molecule is CC(=O)NCC1CCN(Cc2cc(Oc3ccc(N4CCC5(CCCC5)C4)nc3)nc(-c3cc(Cl)cc(Cl)c3)c2)CC1. The van der Waals surface area contributed by atoms with E-state index >= 15 is 0 Å². The lowest BCUT2D eigenvalue weighted by atomic mass is 9.86. The van der Waals surface area contributed by atoms with Crippen molar-refractivity contribution in [3.8, 4) is 22.9 Å². The molecule has 2 aromatic heterocycles. The van der Waals surface area contributed by atoms with Crippen LogP contribution in [0.25, 0.3) is 11.3 Å². The quantitative estimate of drug-likeness (QED) is 0.288. The number of carbonyl (C=O) groups excluding carboxylic acids is 1. The highest BCUT2D eigenvalue weighted by Crippen LogP contribution is 2.46. The number of amides is 1. The molecule has 2 aliphatic heterocycles. The molecule has 1 N–H and O–H groups in total. The largest absolute Gasteiger partial charge is 0.437 e. The fraction of sp³-hybridized carbons (Fsp3) is 0.485. The molecule has 4 heterocycles. The van der Waals surface area contributed by atoms with E-state index in [1.807, 2.05) is 24.3 Å². The van der Waals surface area contributed by atoms with Crippen LogP contribution in [0.2, 0.25) is 10.0 Å². The van der Waals surface area contributed by atoms with Crippen molar-refractivity contribution in [3.63, 3.8) is 0 Å². The Morgan fingerprint density at radius 1 is 1.02 bits per heavy atom. The van der Waals surface area contributed by atoms with E-state index in [1.165, 1.54) is 32.1 Å². The van der Waals surface area contributed by atoms with Crippen molar-refractivity contribution in [1.29, 1.82) is 0 Å². The van der Waals surface area contributed by atoms with E-state index in [9.17, 15) is 4.79 Å². The molecule has 1 aromatic carbocycles. The number of halogens is 2. The van der Waals surface area contributed by atoms with Gasteiger partial charge in [0.05, 0.1) is 11.9 Å². The van der Waals surface area contributed by atoms with Gasteiger partial charge in [0.25, 0.3) is 0 Å². The van der Waals surface area contributed by atoms with Gasteiger partial charge in [-0.1, -0.05) is 36.0 Å². The third-order valence-electron chi connectivity index (χ3n) is 9.14. The standard InChI is InChI=1S/C33H39Cl2N5O2/c1-23(41)36-19-24-6-11-39(12-7-24)21-25-14-30(26-16-27(34)18-28(35)17-26)38-32(15-25)42-29-4-5-31(37-20-29)40-13-10-33(22-40)8-2-3-9-33/h4-5,14-18,20,24H,2-3,6-13,19,21-22H2,1H3,(H,36,41). The summed E-state index contributed by atoms with van der Waals surface area (Å²) in [4.78, 5) is 25.8. The average Bonchev–Trinajstić information content (AvgIpc) is 3.62. The highest BCUT2D eigenvalue weighted by molar-refractivity contribution is 6.35. The number of likely N-dealkylation sites (tertiary alicyclic amines) is 1. The van der Waals surface area contributed by atoms with Crippen LogP contribution in [0.3, 0.4) is 0 Å². The monoisotopic (exact) mass is 607 g/mol. The van der Waals surface area contributed by atoms with E-state index < -0.39 is 0 Å². The molecule has 6 rings (SSSR count). The highest BCUT2D eigenvalue weighted by atomic mass is 35.5. The lowest BCUT2D eigenvalue weighted by molar-refractivity contribution is -0.119. The van der Waals surface area contributed by atoms with Crippen molar-refractivity contribution in [3.05, 3.63) is 64.3 Å². The number of hydrogen-bond acceptors (Lipinski definition) is 6. The first kappa shape index (κ1) is 29.2. The zero-order valence-corrected chi connectivity index (χ0v) is 25.8. The van der Waals surface area contributed by atoms with Gasteiger partial charge in [0.1, 0.15) is 11.6 Å². The second-order valence-electron chi connectivity index (χ2n) is 12.3. The summed E-state index contributed by atoms with van der Waals surface area (Å²) in [7, 11) is 0. The van der Waals surface area contributed by atoms with Crippen LogP contribution in [-0.2, 0) is 11.3 Å². The summed E-state index contributed by atoms with van der Waals surface area (Å²) >= 11 is 12.7. The zero-order chi connectivity index (χ0) is 29.1. The number of ether oxygens (including phenoxy) is 1. The number of nitrogens with one attached hydrogen (secondary N) is 1. The average molecular weight is 609 g/mol. The van der Waals surface area contributed by atoms with Crippen LogP contribution in [0, 0.1) is 11.3 Å². The summed E-state index contributed by atoms with van der Waals surface area (Å²) in [6.45, 7) is 7.25. The smallest absolute Gasteiger partial charge is 0.220 e. The molecule has 3 fully saturated rings. The van der Waals surface area contributed by atoms with Crippen molar-refractivity contribution in [1.82, 2.24) is 20.2 Å². The van der Waals surface area contributed by atoms with E-state index in [-0.39, 0.29) is 5.91 Å². The van der Waals surface area contributed by atoms with Crippen molar-refractivity contribution in [2.75, 3.05) is 37.6 Å². The molecule has 2 saturated heterocycles. The van der Waals surface area contributed by atoms with Gasteiger partial charge in [-0.25, -0.2) is 9.97 Å². The van der Waals surface area contributed by atoms with Gasteiger partial charge in [0.2, 0.25) is 11.8 Å². The number of hydrogen-bond donors (Lipinski definition) is 1. The normalized spacial score (nSPS) is 19.0. The van der Waals surface area contributed by atoms with Crippen molar-refractivity contribution in [2.24, 2.45) is 11.3 Å². The maximum Gasteiger partial charge on any atom is 0.220 e. The van der Waals surface area contributed by atoms with Crippen molar-refractivity contribution < 1.29 is 9.53 Å². The third kappa shape index (κ3) is 7.19. The topological polar surface area (TPSA) is 70.6 Å². The van der Waals surface area contributed by atoms with E-state index in [2.05, 4.69) is 27.2 Å². The molecular formula is C33H39Cl2N5O2. The molecule has 222 valence electrons. The van der Waals surface area contributed by atoms with Gasteiger partial charge >= 0.3 is 0 Å². The van der Waals surface area contributed by atoms with E-state index in [0.717, 1.165) is 74.7 Å². The fourth-order valence-corrected chi connectivity index (χ4v) is 7.38. The predicted octanol–water partition coefficient (Wildman–Crippen LogP) is 7.36. The van der Waals surface area contributed by atoms with Gasteiger partial charge in [0.15, 0.2) is 0 Å². The van der Waals surface area contributed by atoms with E-state index in [1.54, 1.807) is 19.2 Å². The fourth-order valence-electron chi connectivity index (χ4n) is 6.85. The molecule has 1 aliphatic carbocycles. The van der Waals surface area contributed by atoms with Gasteiger partial charge in [-0.2, -0.15) is 0 Å². The molecule has 1 spiro atoms. The van der Waals surface area contributed by atoms with Crippen molar-refractivity contribution in [2.45, 2.75) is 58.4 Å². The van der Waals surface area contributed by atoms with Crippen molar-refractivity contribution >= 4 is 34.9 Å². The summed E-state index contributed by atoms with van der Waals surface area (Å²) in [5.74, 6) is 2.75. The molecule has 0 radical (unpaired) electrons. The number of benzene rings is 1. The first-order chi connectivity index (χ1) is 20.3. The first-order valence-corrected chi connectivity index (χ1v) is 15.9. The van der Waals surface area contributed by atoms with Crippen LogP contribution in [-0.4, -0.2) is 53.5 Å². The van der Waals surface area contributed by atoms with Crippen LogP contribution >= 0.6 is 23.2 Å².